The molecule has 0 radical (unpaired) electrons. The average molecular weight is 252 g/mol. The molecule has 0 heterocycles. The van der Waals surface area contributed by atoms with Gasteiger partial charge in [0.15, 0.2) is 0 Å². The van der Waals surface area contributed by atoms with Crippen LogP contribution in [-0.4, -0.2) is 11.6 Å². The molecule has 17 heavy (non-hydrogen) atoms. The molecular weight excluding hydrogens is 238 g/mol. The number of urea groups is 1. The third-order valence-electron chi connectivity index (χ3n) is 2.14. The molecule has 2 amide bonds. The van der Waals surface area contributed by atoms with Gasteiger partial charge in [0.1, 0.15) is 5.54 Å². The number of amides is 2. The Balaban J connectivity index is 2.69. The number of aryl methyl sites for hydroxylation is 1. The number of nitriles is 1. The van der Waals surface area contributed by atoms with Gasteiger partial charge in [-0.05, 0) is 38.5 Å². The first-order chi connectivity index (χ1) is 7.84. The van der Waals surface area contributed by atoms with E-state index in [0.29, 0.717) is 10.7 Å². The first-order valence-corrected chi connectivity index (χ1v) is 5.48. The standard InChI is InChI=1S/C12H14ClN3O/c1-8-4-5-9(6-10(8)13)15-11(17)16-12(2,3)7-14/h4-6H,1-3H3,(H2,15,16,17). The molecule has 0 atom stereocenters. The van der Waals surface area contributed by atoms with Gasteiger partial charge in [-0.1, -0.05) is 17.7 Å². The van der Waals surface area contributed by atoms with E-state index < -0.39 is 11.6 Å². The van der Waals surface area contributed by atoms with Crippen LogP contribution in [0.1, 0.15) is 19.4 Å². The summed E-state index contributed by atoms with van der Waals surface area (Å²) in [5.74, 6) is 0. The Bertz CT molecular complexity index is 477. The maximum atomic E-state index is 11.6. The van der Waals surface area contributed by atoms with Crippen LogP contribution in [0.3, 0.4) is 0 Å². The van der Waals surface area contributed by atoms with E-state index in [4.69, 9.17) is 16.9 Å². The summed E-state index contributed by atoms with van der Waals surface area (Å²) < 4.78 is 0. The maximum absolute atomic E-state index is 11.6. The van der Waals surface area contributed by atoms with Gasteiger partial charge >= 0.3 is 6.03 Å². The van der Waals surface area contributed by atoms with Crippen molar-refractivity contribution in [3.63, 3.8) is 0 Å². The molecule has 0 unspecified atom stereocenters. The molecule has 0 aliphatic carbocycles. The van der Waals surface area contributed by atoms with Crippen LogP contribution in [0, 0.1) is 18.3 Å². The molecular formula is C12H14ClN3O. The van der Waals surface area contributed by atoms with Gasteiger partial charge in [0.25, 0.3) is 0 Å². The number of carbonyl (C=O) groups is 1. The second kappa shape index (κ2) is 5.07. The Labute approximate surface area is 106 Å². The number of carbonyl (C=O) groups excluding carboxylic acids is 1. The van der Waals surface area contributed by atoms with Crippen LogP contribution in [-0.2, 0) is 0 Å². The van der Waals surface area contributed by atoms with Crippen LogP contribution in [0.15, 0.2) is 18.2 Å². The van der Waals surface area contributed by atoms with Crippen molar-refractivity contribution in [2.45, 2.75) is 26.3 Å². The van der Waals surface area contributed by atoms with Crippen molar-refractivity contribution in [3.8, 4) is 6.07 Å². The largest absolute Gasteiger partial charge is 0.320 e. The van der Waals surface area contributed by atoms with Crippen LogP contribution in [0.5, 0.6) is 0 Å². The van der Waals surface area contributed by atoms with Gasteiger partial charge in [0, 0.05) is 10.7 Å². The smallest absolute Gasteiger partial charge is 0.320 e. The van der Waals surface area contributed by atoms with E-state index in [1.165, 1.54) is 0 Å². The zero-order chi connectivity index (χ0) is 13.1. The Hall–Kier alpha value is -1.73. The van der Waals surface area contributed by atoms with Crippen LogP contribution in [0.25, 0.3) is 0 Å². The fourth-order valence-corrected chi connectivity index (χ4v) is 1.33. The minimum Gasteiger partial charge on any atom is -0.320 e. The van der Waals surface area contributed by atoms with E-state index in [9.17, 15) is 4.79 Å². The monoisotopic (exact) mass is 251 g/mol. The molecule has 0 spiro atoms. The summed E-state index contributed by atoms with van der Waals surface area (Å²) in [6.45, 7) is 5.12. The summed E-state index contributed by atoms with van der Waals surface area (Å²) in [5.41, 5.74) is 0.625. The Kier molecular flexibility index (Phi) is 3.97. The van der Waals surface area contributed by atoms with Gasteiger partial charge in [0.05, 0.1) is 6.07 Å². The molecule has 0 saturated heterocycles. The highest BCUT2D eigenvalue weighted by Crippen LogP contribution is 2.19. The Morgan fingerprint density at radius 3 is 2.65 bits per heavy atom. The summed E-state index contributed by atoms with van der Waals surface area (Å²) in [5, 5.41) is 14.5. The van der Waals surface area contributed by atoms with Crippen molar-refractivity contribution in [2.75, 3.05) is 5.32 Å². The number of benzene rings is 1. The van der Waals surface area contributed by atoms with E-state index >= 15 is 0 Å². The number of hydrogen-bond donors (Lipinski definition) is 2. The fraction of sp³-hybridized carbons (Fsp3) is 0.333. The van der Waals surface area contributed by atoms with Crippen LogP contribution >= 0.6 is 11.6 Å². The normalized spacial score (nSPS) is 10.5. The molecule has 0 fully saturated rings. The lowest BCUT2D eigenvalue weighted by atomic mass is 10.1. The number of hydrogen-bond acceptors (Lipinski definition) is 2. The summed E-state index contributed by atoms with van der Waals surface area (Å²) >= 11 is 5.93. The van der Waals surface area contributed by atoms with E-state index in [-0.39, 0.29) is 0 Å². The molecule has 0 aromatic heterocycles. The van der Waals surface area contributed by atoms with Gasteiger partial charge < -0.3 is 10.6 Å². The van der Waals surface area contributed by atoms with Crippen molar-refractivity contribution < 1.29 is 4.79 Å². The molecule has 1 aromatic rings. The highest BCUT2D eigenvalue weighted by molar-refractivity contribution is 6.31. The maximum Gasteiger partial charge on any atom is 0.320 e. The molecule has 1 rings (SSSR count). The molecule has 0 aliphatic heterocycles. The van der Waals surface area contributed by atoms with Crippen molar-refractivity contribution in [1.82, 2.24) is 5.32 Å². The van der Waals surface area contributed by atoms with E-state index in [0.717, 1.165) is 5.56 Å². The van der Waals surface area contributed by atoms with Crippen LogP contribution in [0.4, 0.5) is 10.5 Å². The van der Waals surface area contributed by atoms with Gasteiger partial charge in [-0.25, -0.2) is 4.79 Å². The second-order valence-electron chi connectivity index (χ2n) is 4.28. The predicted molar refractivity (Wildman–Crippen MR) is 68.0 cm³/mol. The fourth-order valence-electron chi connectivity index (χ4n) is 1.14. The molecule has 0 aliphatic rings. The highest BCUT2D eigenvalue weighted by atomic mass is 35.5. The molecule has 90 valence electrons. The zero-order valence-electron chi connectivity index (χ0n) is 9.97. The summed E-state index contributed by atoms with van der Waals surface area (Å²) in [6.07, 6.45) is 0. The van der Waals surface area contributed by atoms with Crippen LogP contribution in [0.2, 0.25) is 5.02 Å². The van der Waals surface area contributed by atoms with Crippen molar-refractivity contribution in [3.05, 3.63) is 28.8 Å². The van der Waals surface area contributed by atoms with E-state index in [1.54, 1.807) is 26.0 Å². The zero-order valence-corrected chi connectivity index (χ0v) is 10.7. The molecule has 2 N–H and O–H groups in total. The van der Waals surface area contributed by atoms with Gasteiger partial charge in [-0.3, -0.25) is 0 Å². The van der Waals surface area contributed by atoms with E-state index in [1.807, 2.05) is 19.1 Å². The number of halogens is 1. The topological polar surface area (TPSA) is 64.9 Å². The second-order valence-corrected chi connectivity index (χ2v) is 4.69. The minimum atomic E-state index is -0.904. The van der Waals surface area contributed by atoms with Crippen molar-refractivity contribution in [2.24, 2.45) is 0 Å². The number of nitrogens with zero attached hydrogens (tertiary/aromatic N) is 1. The lowest BCUT2D eigenvalue weighted by Gasteiger charge is -2.18. The van der Waals surface area contributed by atoms with Gasteiger partial charge in [0.2, 0.25) is 0 Å². The molecule has 5 heteroatoms. The third kappa shape index (κ3) is 3.97. The lowest BCUT2D eigenvalue weighted by Crippen LogP contribution is -2.44. The average Bonchev–Trinajstić information content (AvgIpc) is 2.23. The Morgan fingerprint density at radius 2 is 2.12 bits per heavy atom. The van der Waals surface area contributed by atoms with Crippen molar-refractivity contribution >= 4 is 23.3 Å². The minimum absolute atomic E-state index is 0.434. The SMILES string of the molecule is Cc1ccc(NC(=O)NC(C)(C)C#N)cc1Cl. The first kappa shape index (κ1) is 13.3. The van der Waals surface area contributed by atoms with Crippen molar-refractivity contribution in [1.29, 1.82) is 5.26 Å². The molecule has 0 saturated carbocycles. The van der Waals surface area contributed by atoms with E-state index in [2.05, 4.69) is 10.6 Å². The molecule has 4 nitrogen and oxygen atoms in total. The third-order valence-corrected chi connectivity index (χ3v) is 2.54. The van der Waals surface area contributed by atoms with Crippen LogP contribution < -0.4 is 10.6 Å². The Morgan fingerprint density at radius 1 is 1.47 bits per heavy atom. The predicted octanol–water partition coefficient (Wildman–Crippen LogP) is 3.07. The number of rotatable bonds is 2. The van der Waals surface area contributed by atoms with Gasteiger partial charge in [-0.2, -0.15) is 5.26 Å². The molecule has 0 bridgehead atoms. The first-order valence-electron chi connectivity index (χ1n) is 5.10. The lowest BCUT2D eigenvalue weighted by molar-refractivity contribution is 0.246. The summed E-state index contributed by atoms with van der Waals surface area (Å²) in [7, 11) is 0. The quantitative estimate of drug-likeness (QED) is 0.848. The van der Waals surface area contributed by atoms with Gasteiger partial charge in [-0.15, -0.1) is 0 Å². The number of nitrogens with one attached hydrogen (secondary N) is 2. The summed E-state index contributed by atoms with van der Waals surface area (Å²) in [4.78, 5) is 11.6. The highest BCUT2D eigenvalue weighted by Gasteiger charge is 2.19. The number of anilines is 1. The summed E-state index contributed by atoms with van der Waals surface area (Å²) in [6, 6.07) is 6.77. The molecule has 1 aromatic carbocycles.